The summed E-state index contributed by atoms with van der Waals surface area (Å²) in [5.41, 5.74) is 2.34. The smallest absolute Gasteiger partial charge is 0.410 e. The highest BCUT2D eigenvalue weighted by Gasteiger charge is 2.41. The number of rotatable bonds is 4. The van der Waals surface area contributed by atoms with E-state index in [0.29, 0.717) is 25.3 Å². The van der Waals surface area contributed by atoms with E-state index in [0.717, 1.165) is 23.4 Å². The Morgan fingerprint density at radius 3 is 2.61 bits per heavy atom. The van der Waals surface area contributed by atoms with Gasteiger partial charge in [0, 0.05) is 25.7 Å². The predicted octanol–water partition coefficient (Wildman–Crippen LogP) is 3.88. The standard InChI is InChI=1S/C25H32N4O4/c1-17-14-28(24(31)33-25(2,3)4)15-21-12-19-10-11-20(27-22(19)29(17)21)16-32-23(30)26-13-18-8-6-5-7-9-18/h5-11,17,21H,12-16H2,1-4H3,(H,26,30)/t17-,21-/m1/s1. The fourth-order valence-corrected chi connectivity index (χ4v) is 4.40. The molecule has 2 aliphatic rings. The van der Waals surface area contributed by atoms with Crippen LogP contribution >= 0.6 is 0 Å². The van der Waals surface area contributed by atoms with Gasteiger partial charge in [0.1, 0.15) is 18.0 Å². The summed E-state index contributed by atoms with van der Waals surface area (Å²) in [6.07, 6.45) is 0.0805. The second-order valence-corrected chi connectivity index (χ2v) is 9.70. The van der Waals surface area contributed by atoms with Crippen molar-refractivity contribution < 1.29 is 19.1 Å². The molecule has 2 aliphatic heterocycles. The molecule has 0 saturated carbocycles. The van der Waals surface area contributed by atoms with Gasteiger partial charge in [0.05, 0.1) is 11.7 Å². The first-order valence-electron chi connectivity index (χ1n) is 11.4. The monoisotopic (exact) mass is 452 g/mol. The largest absolute Gasteiger partial charge is 0.444 e. The third kappa shape index (κ3) is 5.56. The number of fused-ring (bicyclic) bond motifs is 3. The molecule has 1 fully saturated rings. The van der Waals surface area contributed by atoms with Crippen LogP contribution in [-0.4, -0.2) is 52.8 Å². The Bertz CT molecular complexity index is 1010. The maximum atomic E-state index is 12.6. The average Bonchev–Trinajstić information content (AvgIpc) is 3.14. The normalized spacial score (nSPS) is 19.5. The molecule has 1 aromatic heterocycles. The molecule has 1 N–H and O–H groups in total. The van der Waals surface area contributed by atoms with Crippen LogP contribution in [0.15, 0.2) is 42.5 Å². The fraction of sp³-hybridized carbons (Fsp3) is 0.480. The number of nitrogens with one attached hydrogen (secondary N) is 1. The zero-order valence-electron chi connectivity index (χ0n) is 19.7. The first-order chi connectivity index (χ1) is 15.7. The molecule has 8 heteroatoms. The van der Waals surface area contributed by atoms with Crippen LogP contribution < -0.4 is 10.2 Å². The van der Waals surface area contributed by atoms with Crippen LogP contribution in [0.4, 0.5) is 15.4 Å². The van der Waals surface area contributed by atoms with E-state index >= 15 is 0 Å². The number of piperazine rings is 1. The third-order valence-corrected chi connectivity index (χ3v) is 5.78. The number of hydrogen-bond donors (Lipinski definition) is 1. The number of ether oxygens (including phenoxy) is 2. The third-order valence-electron chi connectivity index (χ3n) is 5.78. The maximum Gasteiger partial charge on any atom is 0.410 e. The summed E-state index contributed by atoms with van der Waals surface area (Å²) in [7, 11) is 0. The van der Waals surface area contributed by atoms with E-state index in [9.17, 15) is 9.59 Å². The lowest BCUT2D eigenvalue weighted by Gasteiger charge is -2.43. The van der Waals surface area contributed by atoms with E-state index < -0.39 is 11.7 Å². The highest BCUT2D eigenvalue weighted by molar-refractivity contribution is 5.70. The molecule has 0 aliphatic carbocycles. The highest BCUT2D eigenvalue weighted by atomic mass is 16.6. The second-order valence-electron chi connectivity index (χ2n) is 9.70. The summed E-state index contributed by atoms with van der Waals surface area (Å²) >= 11 is 0. The minimum Gasteiger partial charge on any atom is -0.444 e. The van der Waals surface area contributed by atoms with Crippen molar-refractivity contribution in [1.82, 2.24) is 15.2 Å². The van der Waals surface area contributed by atoms with Gasteiger partial charge in [0.15, 0.2) is 0 Å². The minimum absolute atomic E-state index is 0.102. The van der Waals surface area contributed by atoms with Gasteiger partial charge in [-0.25, -0.2) is 14.6 Å². The lowest BCUT2D eigenvalue weighted by molar-refractivity contribution is 0.0191. The molecular formula is C25H32N4O4. The van der Waals surface area contributed by atoms with Gasteiger partial charge in [0.25, 0.3) is 0 Å². The molecule has 0 radical (unpaired) electrons. The van der Waals surface area contributed by atoms with E-state index in [-0.39, 0.29) is 24.8 Å². The summed E-state index contributed by atoms with van der Waals surface area (Å²) in [6.45, 7) is 9.44. The van der Waals surface area contributed by atoms with Crippen molar-refractivity contribution in [3.05, 3.63) is 59.3 Å². The Balaban J connectivity index is 1.35. The number of amides is 2. The van der Waals surface area contributed by atoms with Gasteiger partial charge in [-0.2, -0.15) is 0 Å². The van der Waals surface area contributed by atoms with E-state index in [2.05, 4.69) is 17.1 Å². The SMILES string of the molecule is C[C@@H]1CN(C(=O)OC(C)(C)C)C[C@H]2Cc3ccc(COC(=O)NCc4ccccc4)nc3N21. The van der Waals surface area contributed by atoms with Crippen molar-refractivity contribution in [2.75, 3.05) is 18.0 Å². The quantitative estimate of drug-likeness (QED) is 0.758. The molecule has 2 aromatic rings. The van der Waals surface area contributed by atoms with Gasteiger partial charge in [-0.15, -0.1) is 0 Å². The molecule has 33 heavy (non-hydrogen) atoms. The van der Waals surface area contributed by atoms with E-state index in [1.54, 1.807) is 4.90 Å². The lowest BCUT2D eigenvalue weighted by Crippen LogP contribution is -2.58. The molecular weight excluding hydrogens is 420 g/mol. The van der Waals surface area contributed by atoms with Crippen molar-refractivity contribution in [2.45, 2.75) is 65.0 Å². The molecule has 4 rings (SSSR count). The van der Waals surface area contributed by atoms with Gasteiger partial charge in [-0.1, -0.05) is 36.4 Å². The van der Waals surface area contributed by atoms with E-state index in [4.69, 9.17) is 14.5 Å². The molecule has 0 unspecified atom stereocenters. The topological polar surface area (TPSA) is 84.0 Å². The minimum atomic E-state index is -0.514. The van der Waals surface area contributed by atoms with Crippen LogP contribution in [-0.2, 0) is 29.0 Å². The van der Waals surface area contributed by atoms with E-state index in [1.807, 2.05) is 63.2 Å². The van der Waals surface area contributed by atoms with Gasteiger partial charge in [-0.3, -0.25) is 0 Å². The van der Waals surface area contributed by atoms with Crippen LogP contribution in [0.2, 0.25) is 0 Å². The van der Waals surface area contributed by atoms with Gasteiger partial charge in [0.2, 0.25) is 0 Å². The molecule has 0 bridgehead atoms. The molecule has 2 amide bonds. The van der Waals surface area contributed by atoms with Crippen molar-refractivity contribution in [3.63, 3.8) is 0 Å². The number of aromatic nitrogens is 1. The van der Waals surface area contributed by atoms with Crippen molar-refractivity contribution >= 4 is 18.0 Å². The van der Waals surface area contributed by atoms with Crippen molar-refractivity contribution in [1.29, 1.82) is 0 Å². The number of anilines is 1. The maximum absolute atomic E-state index is 12.6. The Morgan fingerprint density at radius 1 is 1.12 bits per heavy atom. The Morgan fingerprint density at radius 2 is 1.88 bits per heavy atom. The fourth-order valence-electron chi connectivity index (χ4n) is 4.40. The number of nitrogens with zero attached hydrogens (tertiary/aromatic N) is 3. The first kappa shape index (κ1) is 22.9. The molecule has 8 nitrogen and oxygen atoms in total. The van der Waals surface area contributed by atoms with Gasteiger partial charge in [-0.05, 0) is 51.3 Å². The van der Waals surface area contributed by atoms with Gasteiger partial charge < -0.3 is 24.6 Å². The zero-order chi connectivity index (χ0) is 23.6. The number of pyridine rings is 1. The summed E-state index contributed by atoms with van der Waals surface area (Å²) in [5.74, 6) is 0.919. The highest BCUT2D eigenvalue weighted by Crippen LogP contribution is 2.35. The van der Waals surface area contributed by atoms with Crippen LogP contribution in [0, 0.1) is 0 Å². The number of carbonyl (C=O) groups excluding carboxylic acids is 2. The van der Waals surface area contributed by atoms with Crippen LogP contribution in [0.5, 0.6) is 0 Å². The van der Waals surface area contributed by atoms with Crippen LogP contribution in [0.25, 0.3) is 0 Å². The lowest BCUT2D eigenvalue weighted by atomic mass is 10.1. The number of alkyl carbamates (subject to hydrolysis) is 1. The van der Waals surface area contributed by atoms with Gasteiger partial charge >= 0.3 is 12.2 Å². The van der Waals surface area contributed by atoms with Crippen LogP contribution in [0.1, 0.15) is 44.5 Å². The number of carbonyl (C=O) groups is 2. The average molecular weight is 453 g/mol. The molecule has 1 aromatic carbocycles. The number of benzene rings is 1. The predicted molar refractivity (Wildman–Crippen MR) is 125 cm³/mol. The van der Waals surface area contributed by atoms with Crippen LogP contribution in [0.3, 0.4) is 0 Å². The van der Waals surface area contributed by atoms with Crippen molar-refractivity contribution in [3.8, 4) is 0 Å². The molecule has 1 saturated heterocycles. The molecule has 0 spiro atoms. The Hall–Kier alpha value is -3.29. The summed E-state index contributed by atoms with van der Waals surface area (Å²) in [5, 5.41) is 2.76. The summed E-state index contributed by atoms with van der Waals surface area (Å²) in [6, 6.07) is 13.9. The Kier molecular flexibility index (Phi) is 6.44. The van der Waals surface area contributed by atoms with E-state index in [1.165, 1.54) is 0 Å². The number of hydrogen-bond acceptors (Lipinski definition) is 6. The molecule has 3 heterocycles. The zero-order valence-corrected chi connectivity index (χ0v) is 19.7. The Labute approximate surface area is 194 Å². The second kappa shape index (κ2) is 9.29. The first-order valence-corrected chi connectivity index (χ1v) is 11.4. The summed E-state index contributed by atoms with van der Waals surface area (Å²) in [4.78, 5) is 33.5. The van der Waals surface area contributed by atoms with Crippen molar-refractivity contribution in [2.24, 2.45) is 0 Å². The summed E-state index contributed by atoms with van der Waals surface area (Å²) < 4.78 is 10.9. The molecule has 2 atom stereocenters. The molecule has 176 valence electrons.